The highest BCUT2D eigenvalue weighted by Crippen LogP contribution is 2.44. The smallest absolute Gasteiger partial charge is 0.410 e. The molecule has 1 aromatic carbocycles. The van der Waals surface area contributed by atoms with Gasteiger partial charge < -0.3 is 23.8 Å². The number of benzene rings is 1. The summed E-state index contributed by atoms with van der Waals surface area (Å²) >= 11 is 6.29. The summed E-state index contributed by atoms with van der Waals surface area (Å²) in [7, 11) is 1.33. The van der Waals surface area contributed by atoms with E-state index in [2.05, 4.69) is 0 Å². The van der Waals surface area contributed by atoms with Gasteiger partial charge in [0.2, 0.25) is 0 Å². The number of piperidine rings is 1. The number of fused-ring (bicyclic) bond motifs is 1. The van der Waals surface area contributed by atoms with E-state index in [0.29, 0.717) is 47.3 Å². The third-order valence-electron chi connectivity index (χ3n) is 5.22. The van der Waals surface area contributed by atoms with Gasteiger partial charge in [0, 0.05) is 24.6 Å². The molecule has 0 aliphatic carbocycles. The van der Waals surface area contributed by atoms with Crippen LogP contribution in [0, 0.1) is 12.8 Å². The summed E-state index contributed by atoms with van der Waals surface area (Å²) in [6.45, 7) is 8.95. The van der Waals surface area contributed by atoms with E-state index in [1.165, 1.54) is 7.11 Å². The summed E-state index contributed by atoms with van der Waals surface area (Å²) < 4.78 is 22.4. The predicted molar refractivity (Wildman–Crippen MR) is 108 cm³/mol. The first-order chi connectivity index (χ1) is 13.6. The molecule has 1 unspecified atom stereocenters. The van der Waals surface area contributed by atoms with Crippen molar-refractivity contribution >= 4 is 23.7 Å². The fourth-order valence-electron chi connectivity index (χ4n) is 3.66. The molecule has 2 heterocycles. The van der Waals surface area contributed by atoms with E-state index < -0.39 is 11.6 Å². The largest absolute Gasteiger partial charge is 0.484 e. The highest BCUT2D eigenvalue weighted by atomic mass is 35.5. The zero-order valence-electron chi connectivity index (χ0n) is 17.5. The molecule has 0 radical (unpaired) electrons. The van der Waals surface area contributed by atoms with E-state index >= 15 is 0 Å². The summed E-state index contributed by atoms with van der Waals surface area (Å²) in [6.07, 6.45) is 1.11. The third-order valence-corrected chi connectivity index (χ3v) is 5.50. The van der Waals surface area contributed by atoms with Crippen molar-refractivity contribution in [2.45, 2.75) is 52.2 Å². The number of likely N-dealkylation sites (tertiary alicyclic amines) is 1. The van der Waals surface area contributed by atoms with Crippen molar-refractivity contribution in [2.24, 2.45) is 5.92 Å². The van der Waals surface area contributed by atoms with Crippen molar-refractivity contribution in [2.75, 3.05) is 26.8 Å². The van der Waals surface area contributed by atoms with Crippen molar-refractivity contribution in [1.29, 1.82) is 0 Å². The summed E-state index contributed by atoms with van der Waals surface area (Å²) in [5.41, 5.74) is 0.499. The normalized spacial score (nSPS) is 19.7. The topological polar surface area (TPSA) is 74.3 Å². The van der Waals surface area contributed by atoms with Gasteiger partial charge in [0.1, 0.15) is 18.3 Å². The second-order valence-corrected chi connectivity index (χ2v) is 8.86. The maximum atomic E-state index is 12.3. The molecule has 1 aromatic rings. The molecule has 0 saturated carbocycles. The minimum atomic E-state index is -0.508. The van der Waals surface area contributed by atoms with Gasteiger partial charge in [0.15, 0.2) is 11.5 Å². The number of esters is 1. The molecule has 1 amide bonds. The first-order valence-electron chi connectivity index (χ1n) is 9.79. The van der Waals surface area contributed by atoms with E-state index in [-0.39, 0.29) is 18.1 Å². The number of methoxy groups -OCH3 is 1. The lowest BCUT2D eigenvalue weighted by molar-refractivity contribution is -0.00130. The molecule has 7 nitrogen and oxygen atoms in total. The van der Waals surface area contributed by atoms with Gasteiger partial charge in [-0.25, -0.2) is 9.59 Å². The Balaban J connectivity index is 1.68. The van der Waals surface area contributed by atoms with Crippen LogP contribution >= 0.6 is 11.6 Å². The van der Waals surface area contributed by atoms with Gasteiger partial charge in [-0.2, -0.15) is 0 Å². The lowest BCUT2D eigenvalue weighted by atomic mass is 9.91. The van der Waals surface area contributed by atoms with Gasteiger partial charge in [-0.15, -0.1) is 0 Å². The molecule has 2 aliphatic heterocycles. The summed E-state index contributed by atoms with van der Waals surface area (Å²) in [5.74, 6) is 0.702. The number of carbonyl (C=O) groups excluding carboxylic acids is 2. The van der Waals surface area contributed by atoms with Crippen LogP contribution in [0.1, 0.15) is 49.5 Å². The van der Waals surface area contributed by atoms with Gasteiger partial charge in [-0.05, 0) is 46.6 Å². The van der Waals surface area contributed by atoms with Gasteiger partial charge in [-0.1, -0.05) is 11.6 Å². The maximum absolute atomic E-state index is 12.3. The van der Waals surface area contributed by atoms with Crippen LogP contribution in [-0.4, -0.2) is 55.5 Å². The van der Waals surface area contributed by atoms with Crippen molar-refractivity contribution in [3.63, 3.8) is 0 Å². The second kappa shape index (κ2) is 8.30. The Kier molecular flexibility index (Phi) is 6.17. The molecule has 2 aliphatic rings. The number of amides is 1. The Bertz CT molecular complexity index is 795. The average Bonchev–Trinajstić information content (AvgIpc) is 2.68. The lowest BCUT2D eigenvalue weighted by Gasteiger charge is -2.38. The van der Waals surface area contributed by atoms with Crippen LogP contribution in [0.15, 0.2) is 6.07 Å². The number of carbonyl (C=O) groups is 2. The monoisotopic (exact) mass is 425 g/mol. The Morgan fingerprint density at radius 1 is 1.21 bits per heavy atom. The molecule has 1 saturated heterocycles. The van der Waals surface area contributed by atoms with Crippen LogP contribution in [0.3, 0.4) is 0 Å². The fraction of sp³-hybridized carbons (Fsp3) is 0.619. The Morgan fingerprint density at radius 2 is 1.86 bits per heavy atom. The first-order valence-corrected chi connectivity index (χ1v) is 10.2. The minimum Gasteiger partial charge on any atom is -0.484 e. The van der Waals surface area contributed by atoms with E-state index in [1.807, 2.05) is 20.8 Å². The fourth-order valence-corrected chi connectivity index (χ4v) is 3.91. The van der Waals surface area contributed by atoms with Crippen molar-refractivity contribution < 1.29 is 28.5 Å². The number of ether oxygens (including phenoxy) is 4. The maximum Gasteiger partial charge on any atom is 0.410 e. The quantitative estimate of drug-likeness (QED) is 0.660. The Labute approximate surface area is 176 Å². The van der Waals surface area contributed by atoms with Gasteiger partial charge >= 0.3 is 12.1 Å². The summed E-state index contributed by atoms with van der Waals surface area (Å²) in [5, 5.41) is 0.323. The molecular weight excluding hydrogens is 398 g/mol. The van der Waals surface area contributed by atoms with Crippen LogP contribution in [0.4, 0.5) is 4.79 Å². The Hall–Kier alpha value is -2.15. The van der Waals surface area contributed by atoms with Gasteiger partial charge in [0.25, 0.3) is 0 Å². The predicted octanol–water partition coefficient (Wildman–Crippen LogP) is 4.22. The average molecular weight is 426 g/mol. The molecule has 160 valence electrons. The molecule has 0 spiro atoms. The summed E-state index contributed by atoms with van der Waals surface area (Å²) in [4.78, 5) is 26.0. The lowest BCUT2D eigenvalue weighted by Crippen LogP contribution is -2.46. The molecule has 0 bridgehead atoms. The molecule has 3 rings (SSSR count). The number of rotatable bonds is 2. The van der Waals surface area contributed by atoms with Gasteiger partial charge in [0.05, 0.1) is 17.7 Å². The number of hydrogen-bond acceptors (Lipinski definition) is 6. The number of nitrogens with zero attached hydrogens (tertiary/aromatic N) is 1. The molecule has 1 fully saturated rings. The van der Waals surface area contributed by atoms with Crippen molar-refractivity contribution in [1.82, 2.24) is 4.90 Å². The van der Waals surface area contributed by atoms with Crippen LogP contribution in [0.5, 0.6) is 11.5 Å². The zero-order chi connectivity index (χ0) is 21.3. The van der Waals surface area contributed by atoms with E-state index in [4.69, 9.17) is 30.5 Å². The molecule has 1 atom stereocenters. The van der Waals surface area contributed by atoms with E-state index in [1.54, 1.807) is 17.9 Å². The van der Waals surface area contributed by atoms with Crippen LogP contribution < -0.4 is 9.47 Å². The van der Waals surface area contributed by atoms with Gasteiger partial charge in [-0.3, -0.25) is 0 Å². The first kappa shape index (κ1) is 21.6. The number of hydrogen-bond donors (Lipinski definition) is 0. The van der Waals surface area contributed by atoms with E-state index in [9.17, 15) is 9.59 Å². The minimum absolute atomic E-state index is 0.175. The molecule has 8 heteroatoms. The number of halogens is 1. The molecule has 0 N–H and O–H groups in total. The van der Waals surface area contributed by atoms with Crippen molar-refractivity contribution in [3.05, 3.63) is 22.2 Å². The zero-order valence-corrected chi connectivity index (χ0v) is 18.3. The van der Waals surface area contributed by atoms with Crippen LogP contribution in [0.2, 0.25) is 5.02 Å². The highest BCUT2D eigenvalue weighted by Gasteiger charge is 2.36. The van der Waals surface area contributed by atoms with Crippen molar-refractivity contribution in [3.8, 4) is 11.5 Å². The third kappa shape index (κ3) is 4.71. The van der Waals surface area contributed by atoms with E-state index in [0.717, 1.165) is 12.8 Å². The molecule has 0 aromatic heterocycles. The summed E-state index contributed by atoms with van der Waals surface area (Å²) in [6, 6.07) is 1.55. The van der Waals surface area contributed by atoms with Crippen LogP contribution in [0.25, 0.3) is 0 Å². The second-order valence-electron chi connectivity index (χ2n) is 8.45. The Morgan fingerprint density at radius 3 is 2.45 bits per heavy atom. The standard InChI is InChI=1S/C21H28ClNO6/c1-12-14(19(24)26-5)10-15(22)18-17(12)28-16(11-27-18)13-6-8-23(9-7-13)20(25)29-21(2,3)4/h10,13,16H,6-9,11H2,1-5H3. The SMILES string of the molecule is COC(=O)c1cc(Cl)c2c(c1C)OC(C1CCN(C(=O)OC(C)(C)C)CC1)CO2. The molecular formula is C21H28ClNO6. The highest BCUT2D eigenvalue weighted by molar-refractivity contribution is 6.32. The molecule has 29 heavy (non-hydrogen) atoms. The van der Waals surface area contributed by atoms with Crippen LogP contribution in [-0.2, 0) is 9.47 Å².